The number of hydrogen-bond acceptors (Lipinski definition) is 5. The Bertz CT molecular complexity index is 989. The van der Waals surface area contributed by atoms with Crippen LogP contribution >= 0.6 is 11.6 Å². The van der Waals surface area contributed by atoms with E-state index in [-0.39, 0.29) is 11.9 Å². The van der Waals surface area contributed by atoms with E-state index in [1.807, 2.05) is 48.5 Å². The number of carbonyl (C=O) groups excluding carboxylic acids is 1. The number of piperidine rings is 1. The molecule has 2 atom stereocenters. The summed E-state index contributed by atoms with van der Waals surface area (Å²) >= 11 is 6.10. The van der Waals surface area contributed by atoms with Gasteiger partial charge in [-0.1, -0.05) is 36.6 Å². The Labute approximate surface area is 200 Å². The molecule has 0 radical (unpaired) electrons. The maximum absolute atomic E-state index is 13.1. The van der Waals surface area contributed by atoms with Crippen LogP contribution in [0.2, 0.25) is 5.02 Å². The second-order valence-corrected chi connectivity index (χ2v) is 9.99. The molecule has 1 saturated carbocycles. The van der Waals surface area contributed by atoms with E-state index in [2.05, 4.69) is 15.1 Å². The first kappa shape index (κ1) is 22.5. The van der Waals surface area contributed by atoms with Crippen LogP contribution in [0.4, 0.5) is 5.69 Å². The van der Waals surface area contributed by atoms with Crippen molar-refractivity contribution in [3.63, 3.8) is 0 Å². The van der Waals surface area contributed by atoms with Crippen LogP contribution in [-0.2, 0) is 10.4 Å². The van der Waals surface area contributed by atoms with E-state index in [1.54, 1.807) is 7.11 Å². The molecule has 3 aliphatic rings. The zero-order chi connectivity index (χ0) is 23.1. The van der Waals surface area contributed by atoms with Gasteiger partial charge in [0.05, 0.1) is 13.8 Å². The molecular formula is C26H32ClN3O3. The zero-order valence-corrected chi connectivity index (χ0v) is 19.9. The van der Waals surface area contributed by atoms with Gasteiger partial charge in [0.25, 0.3) is 0 Å². The number of likely N-dealkylation sites (tertiary alicyclic amines) is 1. The largest absolute Gasteiger partial charge is 0.497 e. The van der Waals surface area contributed by atoms with Gasteiger partial charge in [-0.05, 0) is 67.6 Å². The normalized spacial score (nSPS) is 27.5. The SMILES string of the molecule is COc1ccc(N2CNC(=O)C23CCN([C@@H]2CCCC[C@@]2(O)c2ccc(Cl)cc2)CC3)cc1. The first-order chi connectivity index (χ1) is 16.0. The molecule has 1 amide bonds. The van der Waals surface area contributed by atoms with Crippen LogP contribution in [0.15, 0.2) is 48.5 Å². The highest BCUT2D eigenvalue weighted by Crippen LogP contribution is 2.44. The quantitative estimate of drug-likeness (QED) is 0.710. The minimum absolute atomic E-state index is 0.0451. The third kappa shape index (κ3) is 3.88. The lowest BCUT2D eigenvalue weighted by atomic mass is 9.73. The number of amides is 1. The molecule has 0 unspecified atom stereocenters. The van der Waals surface area contributed by atoms with Gasteiger partial charge in [0.1, 0.15) is 16.9 Å². The summed E-state index contributed by atoms with van der Waals surface area (Å²) in [5.41, 5.74) is 0.535. The van der Waals surface area contributed by atoms with Gasteiger partial charge in [-0.2, -0.15) is 0 Å². The van der Waals surface area contributed by atoms with Gasteiger partial charge in [-0.25, -0.2) is 0 Å². The summed E-state index contributed by atoms with van der Waals surface area (Å²) < 4.78 is 5.29. The van der Waals surface area contributed by atoms with E-state index in [0.717, 1.165) is 68.6 Å². The molecule has 5 rings (SSSR count). The number of ether oxygens (including phenoxy) is 1. The number of aliphatic hydroxyl groups is 1. The smallest absolute Gasteiger partial charge is 0.247 e. The summed E-state index contributed by atoms with van der Waals surface area (Å²) in [6.07, 6.45) is 5.30. The highest BCUT2D eigenvalue weighted by molar-refractivity contribution is 6.30. The van der Waals surface area contributed by atoms with Crippen molar-refractivity contribution in [3.05, 3.63) is 59.1 Å². The average molecular weight is 470 g/mol. The Balaban J connectivity index is 1.36. The van der Waals surface area contributed by atoms with E-state index in [0.29, 0.717) is 11.7 Å². The number of benzene rings is 2. The Morgan fingerprint density at radius 2 is 1.73 bits per heavy atom. The lowest BCUT2D eigenvalue weighted by Crippen LogP contribution is -2.61. The van der Waals surface area contributed by atoms with Crippen LogP contribution in [0, 0.1) is 0 Å². The van der Waals surface area contributed by atoms with Crippen LogP contribution in [0.1, 0.15) is 44.1 Å². The third-order valence-electron chi connectivity index (χ3n) is 7.97. The molecular weight excluding hydrogens is 438 g/mol. The summed E-state index contributed by atoms with van der Waals surface area (Å²) in [4.78, 5) is 17.7. The standard InChI is InChI=1S/C26H32ClN3O3/c1-33-22-11-9-21(10-12-22)30-18-28-24(31)25(30)14-16-29(17-15-25)23-4-2-3-13-26(23,32)19-5-7-20(27)8-6-19/h5-12,23,32H,2-4,13-18H2,1H3,(H,28,31)/t23-,26-/m1/s1. The summed E-state index contributed by atoms with van der Waals surface area (Å²) in [6, 6.07) is 15.6. The lowest BCUT2D eigenvalue weighted by Gasteiger charge is -2.51. The second kappa shape index (κ2) is 8.82. The van der Waals surface area contributed by atoms with Crippen LogP contribution in [-0.4, -0.2) is 54.4 Å². The highest BCUT2D eigenvalue weighted by Gasteiger charge is 2.53. The number of nitrogens with one attached hydrogen (secondary N) is 1. The van der Waals surface area contributed by atoms with Crippen LogP contribution < -0.4 is 15.0 Å². The van der Waals surface area contributed by atoms with Crippen molar-refractivity contribution in [3.8, 4) is 5.75 Å². The Morgan fingerprint density at radius 1 is 1.03 bits per heavy atom. The fourth-order valence-electron chi connectivity index (χ4n) is 6.09. The highest BCUT2D eigenvalue weighted by atomic mass is 35.5. The number of rotatable bonds is 4. The number of nitrogens with zero attached hydrogens (tertiary/aromatic N) is 2. The second-order valence-electron chi connectivity index (χ2n) is 9.55. The van der Waals surface area contributed by atoms with Crippen molar-refractivity contribution in [2.24, 2.45) is 0 Å². The van der Waals surface area contributed by atoms with Crippen LogP contribution in [0.25, 0.3) is 0 Å². The third-order valence-corrected chi connectivity index (χ3v) is 8.22. The molecule has 33 heavy (non-hydrogen) atoms. The van der Waals surface area contributed by atoms with Gasteiger partial charge in [0, 0.05) is 29.8 Å². The molecule has 1 spiro atoms. The van der Waals surface area contributed by atoms with Gasteiger partial charge >= 0.3 is 0 Å². The molecule has 3 fully saturated rings. The monoisotopic (exact) mass is 469 g/mol. The Hall–Kier alpha value is -2.28. The molecule has 7 heteroatoms. The van der Waals surface area contributed by atoms with E-state index >= 15 is 0 Å². The summed E-state index contributed by atoms with van der Waals surface area (Å²) in [5.74, 6) is 0.912. The zero-order valence-electron chi connectivity index (χ0n) is 19.1. The van der Waals surface area contributed by atoms with Crippen LogP contribution in [0.5, 0.6) is 5.75 Å². The van der Waals surface area contributed by atoms with Crippen molar-refractivity contribution >= 4 is 23.2 Å². The van der Waals surface area contributed by atoms with Crippen LogP contribution in [0.3, 0.4) is 0 Å². The first-order valence-electron chi connectivity index (χ1n) is 11.9. The molecule has 1 aliphatic carbocycles. The Morgan fingerprint density at radius 3 is 2.39 bits per heavy atom. The minimum Gasteiger partial charge on any atom is -0.497 e. The number of halogens is 1. The molecule has 6 nitrogen and oxygen atoms in total. The van der Waals surface area contributed by atoms with E-state index < -0.39 is 11.1 Å². The van der Waals surface area contributed by atoms with E-state index in [9.17, 15) is 9.90 Å². The summed E-state index contributed by atoms with van der Waals surface area (Å²) in [7, 11) is 1.66. The van der Waals surface area contributed by atoms with Crippen molar-refractivity contribution in [1.29, 1.82) is 0 Å². The van der Waals surface area contributed by atoms with Crippen molar-refractivity contribution in [2.45, 2.75) is 55.7 Å². The first-order valence-corrected chi connectivity index (χ1v) is 12.3. The molecule has 2 aliphatic heterocycles. The van der Waals surface area contributed by atoms with E-state index in [4.69, 9.17) is 16.3 Å². The van der Waals surface area contributed by atoms with Gasteiger partial charge in [-0.3, -0.25) is 9.69 Å². The molecule has 176 valence electrons. The van der Waals surface area contributed by atoms with Gasteiger partial charge in [-0.15, -0.1) is 0 Å². The number of anilines is 1. The summed E-state index contributed by atoms with van der Waals surface area (Å²) in [5, 5.41) is 15.6. The van der Waals surface area contributed by atoms with E-state index in [1.165, 1.54) is 0 Å². The average Bonchev–Trinajstić information content (AvgIpc) is 3.16. The fraction of sp³-hybridized carbons (Fsp3) is 0.500. The molecule has 0 bridgehead atoms. The van der Waals surface area contributed by atoms with Crippen molar-refractivity contribution < 1.29 is 14.6 Å². The molecule has 2 heterocycles. The topological polar surface area (TPSA) is 65.0 Å². The van der Waals surface area contributed by atoms with Crippen molar-refractivity contribution in [2.75, 3.05) is 31.8 Å². The number of hydrogen-bond donors (Lipinski definition) is 2. The maximum atomic E-state index is 13.1. The van der Waals surface area contributed by atoms with Crippen molar-refractivity contribution in [1.82, 2.24) is 10.2 Å². The number of carbonyl (C=O) groups is 1. The lowest BCUT2D eigenvalue weighted by molar-refractivity contribution is -0.127. The predicted molar refractivity (Wildman–Crippen MR) is 130 cm³/mol. The van der Waals surface area contributed by atoms with Gasteiger partial charge in [0.2, 0.25) is 5.91 Å². The minimum atomic E-state index is -0.888. The molecule has 2 saturated heterocycles. The molecule has 2 aromatic carbocycles. The van der Waals surface area contributed by atoms with Gasteiger partial charge < -0.3 is 20.1 Å². The maximum Gasteiger partial charge on any atom is 0.247 e. The molecule has 0 aromatic heterocycles. The predicted octanol–water partition coefficient (Wildman–Crippen LogP) is 3.91. The fourth-order valence-corrected chi connectivity index (χ4v) is 6.22. The van der Waals surface area contributed by atoms with Gasteiger partial charge in [0.15, 0.2) is 0 Å². The summed E-state index contributed by atoms with van der Waals surface area (Å²) in [6.45, 7) is 2.07. The molecule has 2 aromatic rings. The molecule has 2 N–H and O–H groups in total. The number of methoxy groups -OCH3 is 1. The Kier molecular flexibility index (Phi) is 6.02.